The monoisotopic (exact) mass is 386 g/mol. The minimum atomic E-state index is -3.54. The molecule has 0 bridgehead atoms. The molecule has 2 unspecified atom stereocenters. The third-order valence-electron chi connectivity index (χ3n) is 4.72. The summed E-state index contributed by atoms with van der Waals surface area (Å²) in [6.07, 6.45) is 3.00. The van der Waals surface area contributed by atoms with Gasteiger partial charge in [0.2, 0.25) is 10.0 Å². The van der Waals surface area contributed by atoms with Gasteiger partial charge in [-0.05, 0) is 61.1 Å². The van der Waals surface area contributed by atoms with E-state index in [0.717, 1.165) is 17.5 Å². The molecular weight excluding hydrogens is 360 g/mol. The van der Waals surface area contributed by atoms with Crippen LogP contribution in [0, 0.1) is 0 Å². The summed E-state index contributed by atoms with van der Waals surface area (Å²) in [5.41, 5.74) is 3.24. The van der Waals surface area contributed by atoms with Crippen molar-refractivity contribution in [2.45, 2.75) is 37.9 Å². The zero-order chi connectivity index (χ0) is 20.0. The minimum absolute atomic E-state index is 0.0922. The van der Waals surface area contributed by atoms with Gasteiger partial charge in [-0.2, -0.15) is 0 Å². The number of rotatable bonds is 8. The maximum Gasteiger partial charge on any atom is 0.255 e. The molecule has 0 radical (unpaired) electrons. The van der Waals surface area contributed by atoms with E-state index in [9.17, 15) is 13.2 Å². The van der Waals surface area contributed by atoms with Crippen molar-refractivity contribution in [1.82, 2.24) is 0 Å². The number of sulfonamides is 1. The molecule has 0 saturated carbocycles. The molecule has 27 heavy (non-hydrogen) atoms. The van der Waals surface area contributed by atoms with Crippen LogP contribution in [0.2, 0.25) is 0 Å². The lowest BCUT2D eigenvalue weighted by atomic mass is 9.92. The highest BCUT2D eigenvalue weighted by molar-refractivity contribution is 7.89. The first-order chi connectivity index (χ1) is 12.7. The number of anilines is 1. The van der Waals surface area contributed by atoms with E-state index in [0.29, 0.717) is 17.7 Å². The first-order valence-electron chi connectivity index (χ1n) is 8.90. The number of nitrogens with one attached hydrogen (secondary N) is 1. The molecule has 0 fully saturated rings. The van der Waals surface area contributed by atoms with Gasteiger partial charge >= 0.3 is 0 Å². The topological polar surface area (TPSA) is 89.3 Å². The van der Waals surface area contributed by atoms with Crippen LogP contribution in [0.15, 0.2) is 55.1 Å². The van der Waals surface area contributed by atoms with Crippen LogP contribution in [0.3, 0.4) is 0 Å². The Kier molecular flexibility index (Phi) is 6.93. The average molecular weight is 387 g/mol. The molecule has 2 aromatic carbocycles. The van der Waals surface area contributed by atoms with Gasteiger partial charge in [0, 0.05) is 11.3 Å². The first kappa shape index (κ1) is 20.9. The molecule has 0 spiro atoms. The molecule has 2 atom stereocenters. The number of primary sulfonamides is 1. The summed E-state index contributed by atoms with van der Waals surface area (Å²) in [5.74, 6) is -0.0947. The lowest BCUT2D eigenvalue weighted by Crippen LogP contribution is -2.27. The molecule has 0 aliphatic heterocycles. The summed E-state index contributed by atoms with van der Waals surface area (Å²) >= 11 is 0. The van der Waals surface area contributed by atoms with E-state index in [1.807, 2.05) is 43.3 Å². The number of hydrogen-bond acceptors (Lipinski definition) is 3. The van der Waals surface area contributed by atoms with E-state index in [2.05, 4.69) is 11.9 Å². The molecule has 3 N–H and O–H groups in total. The standard InChI is InChI=1S/C21H26N2O3S/c1-4-16-6-8-19(9-7-16)21(24)23-20-12-10-18(11-13-20)17(5-2)14-15(3)27(22,25)26/h4,6-13,15,17H,1,5,14H2,2-3H3,(H,23,24)(H2,22,25,26). The fourth-order valence-corrected chi connectivity index (χ4v) is 3.39. The lowest BCUT2D eigenvalue weighted by molar-refractivity contribution is 0.102. The van der Waals surface area contributed by atoms with Crippen molar-refractivity contribution < 1.29 is 13.2 Å². The summed E-state index contributed by atoms with van der Waals surface area (Å²) in [7, 11) is -3.54. The third-order valence-corrected chi connectivity index (χ3v) is 6.03. The van der Waals surface area contributed by atoms with Gasteiger partial charge in [-0.25, -0.2) is 13.6 Å². The molecule has 0 saturated heterocycles. The van der Waals surface area contributed by atoms with Crippen LogP contribution in [0.25, 0.3) is 6.08 Å². The summed E-state index contributed by atoms with van der Waals surface area (Å²) in [5, 5.41) is 7.50. The Bertz CT molecular complexity index is 888. The molecule has 144 valence electrons. The van der Waals surface area contributed by atoms with Gasteiger partial charge in [0.1, 0.15) is 0 Å². The van der Waals surface area contributed by atoms with Crippen LogP contribution in [-0.4, -0.2) is 19.6 Å². The zero-order valence-corrected chi connectivity index (χ0v) is 16.5. The third kappa shape index (κ3) is 5.77. The maximum absolute atomic E-state index is 12.3. The normalized spacial score (nSPS) is 13.6. The van der Waals surface area contributed by atoms with E-state index >= 15 is 0 Å². The highest BCUT2D eigenvalue weighted by Crippen LogP contribution is 2.27. The highest BCUT2D eigenvalue weighted by atomic mass is 32.2. The van der Waals surface area contributed by atoms with E-state index < -0.39 is 15.3 Å². The second kappa shape index (κ2) is 8.97. The summed E-state index contributed by atoms with van der Waals surface area (Å²) in [6.45, 7) is 7.34. The van der Waals surface area contributed by atoms with Crippen LogP contribution in [0.1, 0.15) is 54.1 Å². The largest absolute Gasteiger partial charge is 0.322 e. The van der Waals surface area contributed by atoms with Crippen molar-refractivity contribution in [2.75, 3.05) is 5.32 Å². The van der Waals surface area contributed by atoms with Gasteiger partial charge < -0.3 is 5.32 Å². The number of carbonyl (C=O) groups excluding carboxylic acids is 1. The second-order valence-electron chi connectivity index (χ2n) is 6.64. The summed E-state index contributed by atoms with van der Waals surface area (Å²) < 4.78 is 23.0. The lowest BCUT2D eigenvalue weighted by Gasteiger charge is -2.19. The Hall–Kier alpha value is -2.44. The Morgan fingerprint density at radius 3 is 2.22 bits per heavy atom. The fraction of sp³-hybridized carbons (Fsp3) is 0.286. The molecule has 0 heterocycles. The van der Waals surface area contributed by atoms with Crippen LogP contribution in [0.4, 0.5) is 5.69 Å². The Morgan fingerprint density at radius 1 is 1.15 bits per heavy atom. The molecule has 1 amide bonds. The zero-order valence-electron chi connectivity index (χ0n) is 15.7. The SMILES string of the molecule is C=Cc1ccc(C(=O)Nc2ccc(C(CC)CC(C)S(N)(=O)=O)cc2)cc1. The van der Waals surface area contributed by atoms with Gasteiger partial charge in [-0.3, -0.25) is 4.79 Å². The second-order valence-corrected chi connectivity index (χ2v) is 8.63. The smallest absolute Gasteiger partial charge is 0.255 e. The van der Waals surface area contributed by atoms with Gasteiger partial charge in [0.15, 0.2) is 0 Å². The first-order valence-corrected chi connectivity index (χ1v) is 10.5. The molecular formula is C21H26N2O3S. The summed E-state index contributed by atoms with van der Waals surface area (Å²) in [6, 6.07) is 14.7. The van der Waals surface area contributed by atoms with Crippen molar-refractivity contribution in [3.63, 3.8) is 0 Å². The summed E-state index contributed by atoms with van der Waals surface area (Å²) in [4.78, 5) is 12.3. The number of carbonyl (C=O) groups is 1. The van der Waals surface area contributed by atoms with Gasteiger partial charge in [0.25, 0.3) is 5.91 Å². The number of amides is 1. The van der Waals surface area contributed by atoms with Gasteiger partial charge in [-0.1, -0.05) is 43.8 Å². The molecule has 2 aromatic rings. The van der Waals surface area contributed by atoms with Gasteiger partial charge in [-0.15, -0.1) is 0 Å². The van der Waals surface area contributed by atoms with Crippen molar-refractivity contribution in [3.05, 3.63) is 71.8 Å². The molecule has 0 aliphatic rings. The number of nitrogens with two attached hydrogens (primary N) is 1. The average Bonchev–Trinajstić information content (AvgIpc) is 2.66. The molecule has 0 aliphatic carbocycles. The Labute approximate surface area is 161 Å². The quantitative estimate of drug-likeness (QED) is 0.714. The minimum Gasteiger partial charge on any atom is -0.322 e. The maximum atomic E-state index is 12.3. The van der Waals surface area contributed by atoms with Crippen LogP contribution in [-0.2, 0) is 10.0 Å². The Balaban J connectivity index is 2.06. The van der Waals surface area contributed by atoms with Crippen LogP contribution in [0.5, 0.6) is 0 Å². The van der Waals surface area contributed by atoms with Crippen molar-refractivity contribution in [2.24, 2.45) is 5.14 Å². The van der Waals surface area contributed by atoms with Crippen molar-refractivity contribution in [1.29, 1.82) is 0 Å². The van der Waals surface area contributed by atoms with E-state index in [1.54, 1.807) is 25.1 Å². The molecule has 5 nitrogen and oxygen atoms in total. The number of benzene rings is 2. The number of hydrogen-bond donors (Lipinski definition) is 2. The highest BCUT2D eigenvalue weighted by Gasteiger charge is 2.21. The van der Waals surface area contributed by atoms with Crippen LogP contribution < -0.4 is 10.5 Å². The van der Waals surface area contributed by atoms with Gasteiger partial charge in [0.05, 0.1) is 5.25 Å². The predicted molar refractivity (Wildman–Crippen MR) is 111 cm³/mol. The van der Waals surface area contributed by atoms with E-state index in [1.165, 1.54) is 0 Å². The fourth-order valence-electron chi connectivity index (χ4n) is 2.89. The molecule has 6 heteroatoms. The molecule has 0 aromatic heterocycles. The van der Waals surface area contributed by atoms with Crippen LogP contribution >= 0.6 is 0 Å². The van der Waals surface area contributed by atoms with Crippen molar-refractivity contribution >= 4 is 27.7 Å². The predicted octanol–water partition coefficient (Wildman–Crippen LogP) is 4.14. The molecule has 2 rings (SSSR count). The van der Waals surface area contributed by atoms with E-state index in [-0.39, 0.29) is 11.8 Å². The van der Waals surface area contributed by atoms with Crippen molar-refractivity contribution in [3.8, 4) is 0 Å². The van der Waals surface area contributed by atoms with E-state index in [4.69, 9.17) is 5.14 Å². The Morgan fingerprint density at radius 2 is 1.74 bits per heavy atom.